The molecule has 3 rings (SSSR count). The number of hydrogen-bond acceptors (Lipinski definition) is 2. The van der Waals surface area contributed by atoms with Gasteiger partial charge in [0.25, 0.3) is 0 Å². The second-order valence-corrected chi connectivity index (χ2v) is 4.45. The number of nitrogens with zero attached hydrogens (tertiary/aromatic N) is 2. The molecule has 20 heavy (non-hydrogen) atoms. The standard InChI is InChI=1S/C15H11FN2O2/c1-9-17-14-12(15(19)20)3-2-4-13(14)18(9)11-7-5-10(16)6-8-11/h2-8H,1H3,(H,19,20). The molecule has 0 spiro atoms. The van der Waals surface area contributed by atoms with Crippen LogP contribution in [0.1, 0.15) is 16.2 Å². The van der Waals surface area contributed by atoms with E-state index < -0.39 is 5.97 Å². The lowest BCUT2D eigenvalue weighted by molar-refractivity contribution is 0.0699. The van der Waals surface area contributed by atoms with E-state index in [1.807, 2.05) is 0 Å². The van der Waals surface area contributed by atoms with Crippen LogP contribution in [-0.4, -0.2) is 20.6 Å². The van der Waals surface area contributed by atoms with Gasteiger partial charge in [0.1, 0.15) is 17.2 Å². The van der Waals surface area contributed by atoms with Crippen LogP contribution in [0.2, 0.25) is 0 Å². The Balaban J connectivity index is 2.31. The lowest BCUT2D eigenvalue weighted by atomic mass is 10.2. The van der Waals surface area contributed by atoms with Crippen LogP contribution in [-0.2, 0) is 0 Å². The minimum Gasteiger partial charge on any atom is -0.478 e. The van der Waals surface area contributed by atoms with Crippen LogP contribution >= 0.6 is 0 Å². The van der Waals surface area contributed by atoms with E-state index in [1.165, 1.54) is 18.2 Å². The Labute approximate surface area is 114 Å². The summed E-state index contributed by atoms with van der Waals surface area (Å²) in [5, 5.41) is 9.19. The average molecular weight is 270 g/mol. The maximum Gasteiger partial charge on any atom is 0.337 e. The number of fused-ring (bicyclic) bond motifs is 1. The minimum atomic E-state index is -1.01. The maximum atomic E-state index is 13.0. The molecule has 0 atom stereocenters. The molecular weight excluding hydrogens is 259 g/mol. The van der Waals surface area contributed by atoms with Crippen molar-refractivity contribution in [1.82, 2.24) is 9.55 Å². The van der Waals surface area contributed by atoms with Crippen molar-refractivity contribution in [3.8, 4) is 5.69 Å². The molecule has 0 amide bonds. The number of hydrogen-bond donors (Lipinski definition) is 1. The minimum absolute atomic E-state index is 0.159. The highest BCUT2D eigenvalue weighted by atomic mass is 19.1. The Hall–Kier alpha value is -2.69. The molecule has 0 unspecified atom stereocenters. The van der Waals surface area contributed by atoms with E-state index >= 15 is 0 Å². The number of aryl methyl sites for hydroxylation is 1. The number of benzene rings is 2. The van der Waals surface area contributed by atoms with E-state index in [4.69, 9.17) is 0 Å². The number of carboxylic acid groups (broad SMARTS) is 1. The number of imidazole rings is 1. The zero-order chi connectivity index (χ0) is 14.3. The van der Waals surface area contributed by atoms with Crippen LogP contribution in [0.4, 0.5) is 4.39 Å². The lowest BCUT2D eigenvalue weighted by Crippen LogP contribution is -1.98. The number of para-hydroxylation sites is 1. The first-order chi connectivity index (χ1) is 9.58. The molecular formula is C15H11FN2O2. The Morgan fingerprint density at radius 2 is 1.90 bits per heavy atom. The van der Waals surface area contributed by atoms with Crippen LogP contribution in [0.15, 0.2) is 42.5 Å². The SMILES string of the molecule is Cc1nc2c(C(=O)O)cccc2n1-c1ccc(F)cc1. The first kappa shape index (κ1) is 12.3. The quantitative estimate of drug-likeness (QED) is 0.778. The summed E-state index contributed by atoms with van der Waals surface area (Å²) in [6, 6.07) is 11.0. The van der Waals surface area contributed by atoms with Crippen LogP contribution in [0.5, 0.6) is 0 Å². The zero-order valence-corrected chi connectivity index (χ0v) is 10.7. The fourth-order valence-corrected chi connectivity index (χ4v) is 2.30. The van der Waals surface area contributed by atoms with Gasteiger partial charge in [0.15, 0.2) is 0 Å². The van der Waals surface area contributed by atoms with Crippen molar-refractivity contribution >= 4 is 17.0 Å². The van der Waals surface area contributed by atoms with Gasteiger partial charge >= 0.3 is 5.97 Å². The van der Waals surface area contributed by atoms with Crippen LogP contribution in [0, 0.1) is 12.7 Å². The fourth-order valence-electron chi connectivity index (χ4n) is 2.30. The van der Waals surface area contributed by atoms with E-state index in [-0.39, 0.29) is 11.4 Å². The van der Waals surface area contributed by atoms with Gasteiger partial charge in [-0.2, -0.15) is 0 Å². The monoisotopic (exact) mass is 270 g/mol. The van der Waals surface area contributed by atoms with Gasteiger partial charge in [0, 0.05) is 5.69 Å². The number of carbonyl (C=O) groups is 1. The zero-order valence-electron chi connectivity index (χ0n) is 10.7. The molecule has 0 saturated heterocycles. The average Bonchev–Trinajstić information content (AvgIpc) is 2.75. The molecule has 5 heteroatoms. The second-order valence-electron chi connectivity index (χ2n) is 4.45. The summed E-state index contributed by atoms with van der Waals surface area (Å²) < 4.78 is 14.8. The van der Waals surface area contributed by atoms with Crippen molar-refractivity contribution in [3.05, 3.63) is 59.7 Å². The normalized spacial score (nSPS) is 10.9. The van der Waals surface area contributed by atoms with Crippen LogP contribution < -0.4 is 0 Å². The second kappa shape index (κ2) is 4.45. The summed E-state index contributed by atoms with van der Waals surface area (Å²) in [5.41, 5.74) is 2.02. The van der Waals surface area contributed by atoms with Crippen LogP contribution in [0.25, 0.3) is 16.7 Å². The van der Waals surface area contributed by atoms with Crippen molar-refractivity contribution < 1.29 is 14.3 Å². The summed E-state index contributed by atoms with van der Waals surface area (Å²) in [7, 11) is 0. The number of halogens is 1. The highest BCUT2D eigenvalue weighted by Crippen LogP contribution is 2.24. The van der Waals surface area contributed by atoms with Crippen molar-refractivity contribution in [2.75, 3.05) is 0 Å². The predicted molar refractivity (Wildman–Crippen MR) is 72.7 cm³/mol. The predicted octanol–water partition coefficient (Wildman–Crippen LogP) is 3.17. The van der Waals surface area contributed by atoms with Gasteiger partial charge in [-0.1, -0.05) is 6.07 Å². The summed E-state index contributed by atoms with van der Waals surface area (Å²) in [6.07, 6.45) is 0. The Morgan fingerprint density at radius 1 is 1.20 bits per heavy atom. The highest BCUT2D eigenvalue weighted by molar-refractivity contribution is 6.01. The molecule has 1 aromatic heterocycles. The molecule has 100 valence electrons. The van der Waals surface area contributed by atoms with Crippen LogP contribution in [0.3, 0.4) is 0 Å². The van der Waals surface area contributed by atoms with Gasteiger partial charge in [-0.05, 0) is 43.3 Å². The number of aromatic carboxylic acids is 1. The van der Waals surface area contributed by atoms with Crippen molar-refractivity contribution in [3.63, 3.8) is 0 Å². The molecule has 0 saturated carbocycles. The molecule has 1 heterocycles. The van der Waals surface area contributed by atoms with Crippen molar-refractivity contribution in [2.24, 2.45) is 0 Å². The van der Waals surface area contributed by atoms with E-state index in [0.29, 0.717) is 16.9 Å². The summed E-state index contributed by atoms with van der Waals surface area (Å²) in [4.78, 5) is 15.5. The number of rotatable bonds is 2. The van der Waals surface area contributed by atoms with E-state index in [1.54, 1.807) is 35.8 Å². The van der Waals surface area contributed by atoms with Gasteiger partial charge in [0.2, 0.25) is 0 Å². The first-order valence-electron chi connectivity index (χ1n) is 6.05. The van der Waals surface area contributed by atoms with Gasteiger partial charge < -0.3 is 5.11 Å². The van der Waals surface area contributed by atoms with Gasteiger partial charge in [-0.3, -0.25) is 4.57 Å². The fraction of sp³-hybridized carbons (Fsp3) is 0.0667. The third kappa shape index (κ3) is 1.84. The molecule has 0 aliphatic heterocycles. The van der Waals surface area contributed by atoms with Gasteiger partial charge in [0.05, 0.1) is 11.1 Å². The summed E-state index contributed by atoms with van der Waals surface area (Å²) in [6.45, 7) is 1.79. The third-order valence-corrected chi connectivity index (χ3v) is 3.17. The Bertz CT molecular complexity index is 807. The Morgan fingerprint density at radius 3 is 2.55 bits per heavy atom. The van der Waals surface area contributed by atoms with Gasteiger partial charge in [-0.25, -0.2) is 14.2 Å². The Kier molecular flexibility index (Phi) is 2.75. The number of carboxylic acids is 1. The molecule has 3 aromatic rings. The van der Waals surface area contributed by atoms with Gasteiger partial charge in [-0.15, -0.1) is 0 Å². The third-order valence-electron chi connectivity index (χ3n) is 3.17. The molecule has 0 aliphatic carbocycles. The maximum absolute atomic E-state index is 13.0. The molecule has 0 fully saturated rings. The molecule has 4 nitrogen and oxygen atoms in total. The molecule has 0 aliphatic rings. The molecule has 0 radical (unpaired) electrons. The lowest BCUT2D eigenvalue weighted by Gasteiger charge is -2.06. The summed E-state index contributed by atoms with van der Waals surface area (Å²) >= 11 is 0. The molecule has 1 N–H and O–H groups in total. The molecule has 0 bridgehead atoms. The van der Waals surface area contributed by atoms with E-state index in [9.17, 15) is 14.3 Å². The topological polar surface area (TPSA) is 55.1 Å². The highest BCUT2D eigenvalue weighted by Gasteiger charge is 2.15. The van der Waals surface area contributed by atoms with Crippen molar-refractivity contribution in [2.45, 2.75) is 6.92 Å². The van der Waals surface area contributed by atoms with Crippen molar-refractivity contribution in [1.29, 1.82) is 0 Å². The first-order valence-corrected chi connectivity index (χ1v) is 6.05. The van der Waals surface area contributed by atoms with E-state index in [2.05, 4.69) is 4.98 Å². The largest absolute Gasteiger partial charge is 0.478 e. The smallest absolute Gasteiger partial charge is 0.337 e. The summed E-state index contributed by atoms with van der Waals surface area (Å²) in [5.74, 6) is -0.679. The number of aromatic nitrogens is 2. The molecule has 2 aromatic carbocycles. The van der Waals surface area contributed by atoms with E-state index in [0.717, 1.165) is 5.69 Å².